The number of hydrogen-bond donors (Lipinski definition) is 1. The summed E-state index contributed by atoms with van der Waals surface area (Å²) < 4.78 is 5.37. The Labute approximate surface area is 125 Å². The second kappa shape index (κ2) is 6.30. The van der Waals surface area contributed by atoms with Crippen LogP contribution in [0.25, 0.3) is 11.5 Å². The predicted molar refractivity (Wildman–Crippen MR) is 80.7 cm³/mol. The maximum absolute atomic E-state index is 5.37. The molecule has 0 aromatic carbocycles. The molecule has 2 aromatic rings. The molecule has 6 nitrogen and oxygen atoms in total. The molecule has 0 aliphatic heterocycles. The monoisotopic (exact) mass is 289 g/mol. The van der Waals surface area contributed by atoms with Crippen molar-refractivity contribution in [2.45, 2.75) is 47.1 Å². The highest BCUT2D eigenvalue weighted by molar-refractivity contribution is 5.46. The standard InChI is InChI=1S/C15H23N5O/c1-6-16-12(15(3,4)5)9-13-19-14(20-21-13)11-7-8-17-10(2)18-11/h7-8,12,16H,6,9H2,1-5H3. The number of nitrogens with one attached hydrogen (secondary N) is 1. The molecule has 0 aliphatic rings. The highest BCUT2D eigenvalue weighted by Crippen LogP contribution is 2.23. The molecule has 6 heteroatoms. The molecule has 0 fully saturated rings. The Morgan fingerprint density at radius 3 is 2.67 bits per heavy atom. The lowest BCUT2D eigenvalue weighted by atomic mass is 9.84. The van der Waals surface area contributed by atoms with Gasteiger partial charge in [0.15, 0.2) is 0 Å². The van der Waals surface area contributed by atoms with Gasteiger partial charge in [0.1, 0.15) is 11.5 Å². The van der Waals surface area contributed by atoms with E-state index in [4.69, 9.17) is 4.52 Å². The molecule has 0 aliphatic carbocycles. The molecule has 2 aromatic heterocycles. The van der Waals surface area contributed by atoms with E-state index < -0.39 is 0 Å². The average Bonchev–Trinajstić information content (AvgIpc) is 2.86. The fourth-order valence-corrected chi connectivity index (χ4v) is 2.13. The van der Waals surface area contributed by atoms with E-state index in [-0.39, 0.29) is 11.5 Å². The van der Waals surface area contributed by atoms with Gasteiger partial charge >= 0.3 is 0 Å². The first-order valence-electron chi connectivity index (χ1n) is 7.26. The van der Waals surface area contributed by atoms with Crippen LogP contribution in [-0.2, 0) is 6.42 Å². The summed E-state index contributed by atoms with van der Waals surface area (Å²) >= 11 is 0. The molecule has 1 N–H and O–H groups in total. The van der Waals surface area contributed by atoms with Gasteiger partial charge in [0.05, 0.1) is 0 Å². The van der Waals surface area contributed by atoms with Crippen LogP contribution in [0.15, 0.2) is 16.8 Å². The van der Waals surface area contributed by atoms with Crippen LogP contribution in [0.4, 0.5) is 0 Å². The van der Waals surface area contributed by atoms with E-state index in [0.717, 1.165) is 6.54 Å². The molecule has 0 spiro atoms. The van der Waals surface area contributed by atoms with E-state index in [1.165, 1.54) is 0 Å². The van der Waals surface area contributed by atoms with Crippen molar-refractivity contribution in [3.05, 3.63) is 24.0 Å². The van der Waals surface area contributed by atoms with Gasteiger partial charge in [-0.1, -0.05) is 32.9 Å². The lowest BCUT2D eigenvalue weighted by Crippen LogP contribution is -2.41. The molecule has 21 heavy (non-hydrogen) atoms. The Morgan fingerprint density at radius 1 is 1.29 bits per heavy atom. The van der Waals surface area contributed by atoms with Gasteiger partial charge in [-0.15, -0.1) is 0 Å². The van der Waals surface area contributed by atoms with E-state index in [1.807, 2.05) is 6.92 Å². The Balaban J connectivity index is 2.16. The number of aromatic nitrogens is 4. The van der Waals surface area contributed by atoms with Crippen molar-refractivity contribution in [1.29, 1.82) is 0 Å². The summed E-state index contributed by atoms with van der Waals surface area (Å²) in [5, 5.41) is 7.49. The summed E-state index contributed by atoms with van der Waals surface area (Å²) in [5.41, 5.74) is 0.809. The first-order valence-corrected chi connectivity index (χ1v) is 7.26. The number of hydrogen-bond acceptors (Lipinski definition) is 6. The largest absolute Gasteiger partial charge is 0.339 e. The third-order valence-electron chi connectivity index (χ3n) is 3.35. The van der Waals surface area contributed by atoms with Gasteiger partial charge in [-0.2, -0.15) is 4.98 Å². The zero-order valence-corrected chi connectivity index (χ0v) is 13.3. The molecule has 1 unspecified atom stereocenters. The summed E-state index contributed by atoms with van der Waals surface area (Å²) in [6.07, 6.45) is 2.40. The van der Waals surface area contributed by atoms with Gasteiger partial charge in [0.2, 0.25) is 11.7 Å². The molecule has 114 valence electrons. The topological polar surface area (TPSA) is 76.7 Å². The maximum Gasteiger partial charge on any atom is 0.228 e. The van der Waals surface area contributed by atoms with Crippen molar-refractivity contribution >= 4 is 0 Å². The number of aryl methyl sites for hydroxylation is 1. The zero-order chi connectivity index (χ0) is 15.5. The van der Waals surface area contributed by atoms with Crippen LogP contribution >= 0.6 is 0 Å². The van der Waals surface area contributed by atoms with Crippen LogP contribution in [0, 0.1) is 12.3 Å². The molecule has 2 rings (SSSR count). The fraction of sp³-hybridized carbons (Fsp3) is 0.600. The van der Waals surface area contributed by atoms with E-state index >= 15 is 0 Å². The van der Waals surface area contributed by atoms with Gasteiger partial charge in [-0.3, -0.25) is 0 Å². The number of nitrogens with zero attached hydrogens (tertiary/aromatic N) is 4. The van der Waals surface area contributed by atoms with Crippen LogP contribution < -0.4 is 5.32 Å². The Morgan fingerprint density at radius 2 is 2.05 bits per heavy atom. The van der Waals surface area contributed by atoms with E-state index in [9.17, 15) is 0 Å². The normalized spacial score (nSPS) is 13.4. The van der Waals surface area contributed by atoms with Gasteiger partial charge in [-0.05, 0) is 24.9 Å². The van der Waals surface area contributed by atoms with Crippen LogP contribution in [-0.4, -0.2) is 32.7 Å². The van der Waals surface area contributed by atoms with Crippen molar-refractivity contribution in [1.82, 2.24) is 25.4 Å². The molecule has 0 amide bonds. The Kier molecular flexibility index (Phi) is 4.67. The predicted octanol–water partition coefficient (Wildman–Crippen LogP) is 2.40. The minimum atomic E-state index is 0.121. The summed E-state index contributed by atoms with van der Waals surface area (Å²) in [5.74, 6) is 1.83. The van der Waals surface area contributed by atoms with Gasteiger partial charge in [0.25, 0.3) is 0 Å². The van der Waals surface area contributed by atoms with Crippen LogP contribution in [0.3, 0.4) is 0 Å². The quantitative estimate of drug-likeness (QED) is 0.910. The number of rotatable bonds is 5. The highest BCUT2D eigenvalue weighted by atomic mass is 16.5. The van der Waals surface area contributed by atoms with Crippen LogP contribution in [0.5, 0.6) is 0 Å². The molecule has 0 saturated heterocycles. The zero-order valence-electron chi connectivity index (χ0n) is 13.3. The summed E-state index contributed by atoms with van der Waals surface area (Å²) in [4.78, 5) is 12.8. The molecular weight excluding hydrogens is 266 g/mol. The first-order chi connectivity index (χ1) is 9.90. The van der Waals surface area contributed by atoms with Gasteiger partial charge in [-0.25, -0.2) is 9.97 Å². The lowest BCUT2D eigenvalue weighted by Gasteiger charge is -2.30. The van der Waals surface area contributed by atoms with Crippen molar-refractivity contribution in [3.8, 4) is 11.5 Å². The van der Waals surface area contributed by atoms with Crippen molar-refractivity contribution in [3.63, 3.8) is 0 Å². The average molecular weight is 289 g/mol. The van der Waals surface area contributed by atoms with Crippen LogP contribution in [0.1, 0.15) is 39.4 Å². The second-order valence-electron chi connectivity index (χ2n) is 6.18. The molecular formula is C15H23N5O. The minimum absolute atomic E-state index is 0.121. The van der Waals surface area contributed by atoms with Gasteiger partial charge in [0, 0.05) is 18.7 Å². The highest BCUT2D eigenvalue weighted by Gasteiger charge is 2.26. The minimum Gasteiger partial charge on any atom is -0.339 e. The second-order valence-corrected chi connectivity index (χ2v) is 6.18. The smallest absolute Gasteiger partial charge is 0.228 e. The van der Waals surface area contributed by atoms with Crippen molar-refractivity contribution in [2.24, 2.45) is 5.41 Å². The fourth-order valence-electron chi connectivity index (χ4n) is 2.13. The van der Waals surface area contributed by atoms with E-state index in [2.05, 4.69) is 53.1 Å². The van der Waals surface area contributed by atoms with Crippen LogP contribution in [0.2, 0.25) is 0 Å². The third-order valence-corrected chi connectivity index (χ3v) is 3.35. The maximum atomic E-state index is 5.37. The van der Waals surface area contributed by atoms with E-state index in [0.29, 0.717) is 29.7 Å². The molecule has 2 heterocycles. The van der Waals surface area contributed by atoms with Crippen molar-refractivity contribution < 1.29 is 4.52 Å². The Bertz CT molecular complexity index is 588. The third kappa shape index (κ3) is 4.07. The summed E-state index contributed by atoms with van der Waals surface area (Å²) in [6, 6.07) is 2.07. The van der Waals surface area contributed by atoms with E-state index in [1.54, 1.807) is 12.3 Å². The first kappa shape index (κ1) is 15.6. The Hall–Kier alpha value is -1.82. The SMILES string of the molecule is CCNC(Cc1nc(-c2ccnc(C)n2)no1)C(C)(C)C. The van der Waals surface area contributed by atoms with Gasteiger partial charge < -0.3 is 9.84 Å². The lowest BCUT2D eigenvalue weighted by molar-refractivity contribution is 0.247. The van der Waals surface area contributed by atoms with Crippen molar-refractivity contribution in [2.75, 3.05) is 6.54 Å². The molecule has 1 atom stereocenters. The number of likely N-dealkylation sites (N-methyl/N-ethyl adjacent to an activating group) is 1. The molecule has 0 saturated carbocycles. The summed E-state index contributed by atoms with van der Waals surface area (Å²) in [6.45, 7) is 11.4. The summed E-state index contributed by atoms with van der Waals surface area (Å²) in [7, 11) is 0. The molecule has 0 bridgehead atoms. The molecule has 0 radical (unpaired) electrons.